The highest BCUT2D eigenvalue weighted by Gasteiger charge is 2.70. The van der Waals surface area contributed by atoms with Gasteiger partial charge in [0.25, 0.3) is 0 Å². The molecule has 11 N–H and O–H groups in total. The summed E-state index contributed by atoms with van der Waals surface area (Å²) >= 11 is 0. The van der Waals surface area contributed by atoms with E-state index < -0.39 is 134 Å². The van der Waals surface area contributed by atoms with Crippen molar-refractivity contribution >= 4 is 11.9 Å². The Labute approximate surface area is 391 Å². The number of hydrogen-bond donors (Lipinski definition) is 11. The summed E-state index contributed by atoms with van der Waals surface area (Å²) in [5, 5.41) is 115. The number of aliphatic hydroxyl groups is 10. The van der Waals surface area contributed by atoms with Crippen molar-refractivity contribution in [1.29, 1.82) is 0 Å². The Bertz CT molecular complexity index is 1870. The summed E-state index contributed by atoms with van der Waals surface area (Å²) in [5.41, 5.74) is -0.975. The summed E-state index contributed by atoms with van der Waals surface area (Å²) in [4.78, 5) is 27.1. The number of esters is 1. The third-order valence-corrected chi connectivity index (χ3v) is 19.3. The number of carbonyl (C=O) groups is 2. The summed E-state index contributed by atoms with van der Waals surface area (Å²) in [5.74, 6) is -1.91. The lowest BCUT2D eigenvalue weighted by Gasteiger charge is -2.71. The number of ether oxygens (including phenoxy) is 6. The van der Waals surface area contributed by atoms with Crippen LogP contribution in [0, 0.1) is 50.2 Å². The maximum absolute atomic E-state index is 14.7. The molecule has 19 unspecified atom stereocenters. The topological polar surface area (TPSA) is 312 Å². The molecule has 0 aromatic heterocycles. The summed E-state index contributed by atoms with van der Waals surface area (Å²) < 4.78 is 35.2. The summed E-state index contributed by atoms with van der Waals surface area (Å²) in [6.07, 6.45) is -16.4. The molecule has 5 aliphatic carbocycles. The average Bonchev–Trinajstić information content (AvgIpc) is 3.26. The molecule has 8 aliphatic rings. The first-order valence-electron chi connectivity index (χ1n) is 24.3. The fraction of sp³-hybridized carbons (Fsp3) is 0.917. The molecule has 0 radical (unpaired) electrons. The third-order valence-electron chi connectivity index (χ3n) is 19.3. The zero-order valence-corrected chi connectivity index (χ0v) is 39.7. The molecule has 0 aromatic rings. The first-order valence-corrected chi connectivity index (χ1v) is 24.3. The summed E-state index contributed by atoms with van der Waals surface area (Å²) in [7, 11) is 0. The minimum Gasteiger partial charge on any atom is -0.479 e. The van der Waals surface area contributed by atoms with Crippen LogP contribution in [0.2, 0.25) is 0 Å². The van der Waals surface area contributed by atoms with E-state index in [1.807, 2.05) is 0 Å². The Kier molecular flexibility index (Phi) is 13.8. The van der Waals surface area contributed by atoms with Gasteiger partial charge in [0.15, 0.2) is 18.7 Å². The molecule has 3 saturated heterocycles. The van der Waals surface area contributed by atoms with Crippen molar-refractivity contribution in [1.82, 2.24) is 0 Å². The molecule has 382 valence electrons. The van der Waals surface area contributed by atoms with Crippen molar-refractivity contribution in [3.8, 4) is 0 Å². The molecule has 7 fully saturated rings. The summed E-state index contributed by atoms with van der Waals surface area (Å²) in [6, 6.07) is 0. The van der Waals surface area contributed by atoms with Gasteiger partial charge in [-0.25, -0.2) is 4.79 Å². The second kappa shape index (κ2) is 18.0. The minimum absolute atomic E-state index is 0.0786. The predicted molar refractivity (Wildman–Crippen MR) is 231 cm³/mol. The Morgan fingerprint density at radius 2 is 1.22 bits per heavy atom. The van der Waals surface area contributed by atoms with Crippen LogP contribution < -0.4 is 0 Å². The number of hydrogen-bond acceptors (Lipinski definition) is 18. The molecule has 4 saturated carbocycles. The van der Waals surface area contributed by atoms with Gasteiger partial charge in [-0.1, -0.05) is 60.1 Å². The second-order valence-corrected chi connectivity index (χ2v) is 23.5. The van der Waals surface area contributed by atoms with E-state index in [0.717, 1.165) is 38.5 Å². The van der Waals surface area contributed by atoms with Gasteiger partial charge in [0.1, 0.15) is 67.1 Å². The van der Waals surface area contributed by atoms with Crippen molar-refractivity contribution in [3.63, 3.8) is 0 Å². The van der Waals surface area contributed by atoms with Crippen LogP contribution in [0.4, 0.5) is 0 Å². The number of rotatable bonds is 9. The largest absolute Gasteiger partial charge is 0.479 e. The number of carboxylic acids is 1. The third kappa shape index (κ3) is 8.06. The molecule has 0 aromatic carbocycles. The maximum Gasteiger partial charge on any atom is 0.335 e. The molecule has 8 rings (SSSR count). The molecule has 3 aliphatic heterocycles. The molecule has 0 amide bonds. The van der Waals surface area contributed by atoms with Crippen molar-refractivity contribution in [3.05, 3.63) is 11.6 Å². The smallest absolute Gasteiger partial charge is 0.335 e. The molecule has 0 spiro atoms. The maximum atomic E-state index is 14.7. The van der Waals surface area contributed by atoms with Gasteiger partial charge in [-0.15, -0.1) is 0 Å². The first kappa shape index (κ1) is 51.4. The highest BCUT2D eigenvalue weighted by molar-refractivity contribution is 5.79. The van der Waals surface area contributed by atoms with Crippen molar-refractivity contribution in [2.24, 2.45) is 50.2 Å². The zero-order chi connectivity index (χ0) is 49.1. The highest BCUT2D eigenvalue weighted by Crippen LogP contribution is 2.76. The quantitative estimate of drug-likeness (QED) is 0.0838. The van der Waals surface area contributed by atoms with Crippen LogP contribution in [0.15, 0.2) is 11.6 Å². The standard InChI is InChI=1S/C48H76O19/c1-43(2)14-16-48(42(61)67-40-33(56)31(54)29(52)24(20-50)63-40)17-15-46(6)21(22(48)18-43)8-9-26-45(5)12-11-27(44(3,4)25(45)10-13-47(26,46)7)64-41-35(58)36(34(57)37(66-41)38(59)60)65-39-32(55)30(53)28(51)23(19-49)62-39/h8,22-37,39-41,49-58H,9-20H2,1-7H3,(H,59,60)/t22?,23?,24?,25?,26?,27?,28?,29?,30?,31?,32?,33?,34?,35?,36?,37?,39?,40?,41?,45-,46+,47+,48-/m0/s1. The zero-order valence-electron chi connectivity index (χ0n) is 39.7. The fourth-order valence-corrected chi connectivity index (χ4v) is 15.0. The number of allylic oxidation sites excluding steroid dienone is 2. The van der Waals surface area contributed by atoms with Gasteiger partial charge < -0.3 is 84.6 Å². The van der Waals surface area contributed by atoms with Crippen molar-refractivity contribution in [2.45, 2.75) is 211 Å². The lowest BCUT2D eigenvalue weighted by molar-refractivity contribution is -0.365. The molecule has 3 heterocycles. The van der Waals surface area contributed by atoms with Gasteiger partial charge >= 0.3 is 11.9 Å². The van der Waals surface area contributed by atoms with Crippen LogP contribution in [-0.4, -0.2) is 180 Å². The molecule has 67 heavy (non-hydrogen) atoms. The van der Waals surface area contributed by atoms with Crippen LogP contribution >= 0.6 is 0 Å². The van der Waals surface area contributed by atoms with E-state index >= 15 is 0 Å². The van der Waals surface area contributed by atoms with Crippen LogP contribution in [-0.2, 0) is 38.0 Å². The Morgan fingerprint density at radius 3 is 1.84 bits per heavy atom. The minimum atomic E-state index is -1.97. The van der Waals surface area contributed by atoms with Gasteiger partial charge in [-0.05, 0) is 109 Å². The lowest BCUT2D eigenvalue weighted by atomic mass is 9.33. The number of carbonyl (C=O) groups excluding carboxylic acids is 1. The Morgan fingerprint density at radius 1 is 0.642 bits per heavy atom. The lowest BCUT2D eigenvalue weighted by Crippen LogP contribution is -2.67. The van der Waals surface area contributed by atoms with E-state index in [9.17, 15) is 65.8 Å². The highest BCUT2D eigenvalue weighted by atomic mass is 16.7. The van der Waals surface area contributed by atoms with Gasteiger partial charge in [-0.2, -0.15) is 0 Å². The number of aliphatic hydroxyl groups excluding tert-OH is 10. The van der Waals surface area contributed by atoms with Crippen LogP contribution in [0.25, 0.3) is 0 Å². The molecule has 19 heteroatoms. The van der Waals surface area contributed by atoms with E-state index in [1.165, 1.54) is 5.57 Å². The molecular weight excluding hydrogens is 881 g/mol. The molecular formula is C48H76O19. The van der Waals surface area contributed by atoms with Crippen LogP contribution in [0.5, 0.6) is 0 Å². The second-order valence-electron chi connectivity index (χ2n) is 23.5. The predicted octanol–water partition coefficient (Wildman–Crippen LogP) is 0.233. The van der Waals surface area contributed by atoms with Gasteiger partial charge in [0.05, 0.1) is 24.7 Å². The SMILES string of the molecule is CC1(C)CC[C@]2(C(=O)OC3OC(CO)C(O)C(O)C3O)CC[C@]3(C)C(=CCC4[C@@]5(C)CCC(OC6OC(C(=O)O)C(O)C(OC7OC(CO)C(O)C(O)C7O)C6O)C(C)(C)C5CC[C@]43C)C2C1. The number of aliphatic carboxylic acids is 1. The van der Waals surface area contributed by atoms with Crippen LogP contribution in [0.3, 0.4) is 0 Å². The van der Waals surface area contributed by atoms with E-state index in [0.29, 0.717) is 25.7 Å². The van der Waals surface area contributed by atoms with Crippen molar-refractivity contribution in [2.75, 3.05) is 13.2 Å². The van der Waals surface area contributed by atoms with Crippen LogP contribution in [0.1, 0.15) is 113 Å². The molecule has 19 nitrogen and oxygen atoms in total. The molecule has 0 bridgehead atoms. The fourth-order valence-electron chi connectivity index (χ4n) is 15.0. The normalized spacial score (nSPS) is 52.6. The van der Waals surface area contributed by atoms with Crippen molar-refractivity contribution < 1.29 is 94.2 Å². The van der Waals surface area contributed by atoms with Gasteiger partial charge in [-0.3, -0.25) is 4.79 Å². The average molecular weight is 957 g/mol. The van der Waals surface area contributed by atoms with Gasteiger partial charge in [0, 0.05) is 0 Å². The molecule has 23 atom stereocenters. The monoisotopic (exact) mass is 956 g/mol. The van der Waals surface area contributed by atoms with Gasteiger partial charge in [0.2, 0.25) is 6.29 Å². The van der Waals surface area contributed by atoms with E-state index in [-0.39, 0.29) is 39.4 Å². The Balaban J connectivity index is 1.03. The number of carboxylic acid groups (broad SMARTS) is 1. The van der Waals surface area contributed by atoms with E-state index in [2.05, 4.69) is 54.5 Å². The first-order chi connectivity index (χ1) is 31.2. The van der Waals surface area contributed by atoms with E-state index in [4.69, 9.17) is 28.4 Å². The van der Waals surface area contributed by atoms with E-state index in [1.54, 1.807) is 0 Å². The summed E-state index contributed by atoms with van der Waals surface area (Å²) in [6.45, 7) is 14.4. The Hall–Kier alpha value is -1.92. The number of fused-ring (bicyclic) bond motifs is 7.